The maximum atomic E-state index is 12.5. The first-order valence-electron chi connectivity index (χ1n) is 8.20. The van der Waals surface area contributed by atoms with Crippen LogP contribution in [0, 0.1) is 5.92 Å². The monoisotopic (exact) mass is 321 g/mol. The first-order chi connectivity index (χ1) is 10.7. The maximum absolute atomic E-state index is 12.5. The van der Waals surface area contributed by atoms with E-state index in [0.717, 1.165) is 45.2 Å². The standard InChI is InChI=1S/C17H24ClN3O/c18-16-5-1-4-15(11-16)17(22)21-9-7-20(8-10-21)13-14-3-2-6-19-12-14/h1,4-5,11,14,19H,2-3,6-10,12-13H2. The van der Waals surface area contributed by atoms with Gasteiger partial charge < -0.3 is 10.2 Å². The highest BCUT2D eigenvalue weighted by Gasteiger charge is 2.24. The second kappa shape index (κ2) is 7.44. The van der Waals surface area contributed by atoms with Crippen molar-refractivity contribution in [2.24, 2.45) is 5.92 Å². The van der Waals surface area contributed by atoms with Crippen molar-refractivity contribution < 1.29 is 4.79 Å². The smallest absolute Gasteiger partial charge is 0.253 e. The number of piperidine rings is 1. The lowest BCUT2D eigenvalue weighted by molar-refractivity contribution is 0.0610. The average molecular weight is 322 g/mol. The van der Waals surface area contributed by atoms with Crippen molar-refractivity contribution in [1.82, 2.24) is 15.1 Å². The van der Waals surface area contributed by atoms with Gasteiger partial charge in [-0.2, -0.15) is 0 Å². The molecule has 1 atom stereocenters. The lowest BCUT2D eigenvalue weighted by Gasteiger charge is -2.37. The van der Waals surface area contributed by atoms with Gasteiger partial charge in [0.05, 0.1) is 0 Å². The van der Waals surface area contributed by atoms with E-state index in [2.05, 4.69) is 10.2 Å². The fourth-order valence-electron chi connectivity index (χ4n) is 3.38. The van der Waals surface area contributed by atoms with Crippen molar-refractivity contribution in [3.63, 3.8) is 0 Å². The summed E-state index contributed by atoms with van der Waals surface area (Å²) < 4.78 is 0. The highest BCUT2D eigenvalue weighted by molar-refractivity contribution is 6.30. The highest BCUT2D eigenvalue weighted by atomic mass is 35.5. The number of rotatable bonds is 3. The van der Waals surface area contributed by atoms with Gasteiger partial charge in [0.2, 0.25) is 0 Å². The van der Waals surface area contributed by atoms with Crippen LogP contribution in [0.25, 0.3) is 0 Å². The normalized spacial score (nSPS) is 23.5. The van der Waals surface area contributed by atoms with E-state index in [-0.39, 0.29) is 5.91 Å². The summed E-state index contributed by atoms with van der Waals surface area (Å²) in [6.07, 6.45) is 2.62. The van der Waals surface area contributed by atoms with Crippen molar-refractivity contribution in [2.75, 3.05) is 45.8 Å². The summed E-state index contributed by atoms with van der Waals surface area (Å²) >= 11 is 5.97. The van der Waals surface area contributed by atoms with Crippen LogP contribution >= 0.6 is 11.6 Å². The number of piperazine rings is 1. The van der Waals surface area contributed by atoms with E-state index in [1.54, 1.807) is 12.1 Å². The Morgan fingerprint density at radius 2 is 2.09 bits per heavy atom. The Hall–Kier alpha value is -1.10. The van der Waals surface area contributed by atoms with Gasteiger partial charge in [-0.05, 0) is 50.0 Å². The molecule has 1 N–H and O–H groups in total. The lowest BCUT2D eigenvalue weighted by Crippen LogP contribution is -2.50. The fraction of sp³-hybridized carbons (Fsp3) is 0.588. The molecule has 0 bridgehead atoms. The van der Waals surface area contributed by atoms with Gasteiger partial charge in [0.15, 0.2) is 0 Å². The Kier molecular flexibility index (Phi) is 5.34. The molecule has 1 unspecified atom stereocenters. The van der Waals surface area contributed by atoms with Gasteiger partial charge in [-0.25, -0.2) is 0 Å². The quantitative estimate of drug-likeness (QED) is 0.926. The van der Waals surface area contributed by atoms with Gasteiger partial charge >= 0.3 is 0 Å². The molecule has 2 aliphatic heterocycles. The number of halogens is 1. The molecule has 2 fully saturated rings. The van der Waals surface area contributed by atoms with Gasteiger partial charge in [0.25, 0.3) is 5.91 Å². The molecule has 0 aromatic heterocycles. The van der Waals surface area contributed by atoms with E-state index < -0.39 is 0 Å². The van der Waals surface area contributed by atoms with Crippen LogP contribution in [0.5, 0.6) is 0 Å². The molecule has 2 aliphatic rings. The zero-order valence-corrected chi connectivity index (χ0v) is 13.7. The molecule has 120 valence electrons. The second-order valence-electron chi connectivity index (χ2n) is 6.32. The molecule has 2 saturated heterocycles. The number of benzene rings is 1. The van der Waals surface area contributed by atoms with Crippen LogP contribution in [0.15, 0.2) is 24.3 Å². The largest absolute Gasteiger partial charge is 0.336 e. The van der Waals surface area contributed by atoms with E-state index in [9.17, 15) is 4.79 Å². The van der Waals surface area contributed by atoms with Gasteiger partial charge in [0, 0.05) is 43.3 Å². The van der Waals surface area contributed by atoms with Crippen molar-refractivity contribution >= 4 is 17.5 Å². The molecular formula is C17H24ClN3O. The lowest BCUT2D eigenvalue weighted by atomic mass is 9.99. The topological polar surface area (TPSA) is 35.6 Å². The zero-order chi connectivity index (χ0) is 15.4. The van der Waals surface area contributed by atoms with E-state index in [1.165, 1.54) is 19.4 Å². The Morgan fingerprint density at radius 1 is 1.27 bits per heavy atom. The molecule has 0 spiro atoms. The summed E-state index contributed by atoms with van der Waals surface area (Å²) in [5, 5.41) is 4.09. The fourth-order valence-corrected chi connectivity index (χ4v) is 3.57. The van der Waals surface area contributed by atoms with Gasteiger partial charge in [0.1, 0.15) is 0 Å². The molecule has 1 aromatic rings. The maximum Gasteiger partial charge on any atom is 0.253 e. The Bertz CT molecular complexity index is 508. The van der Waals surface area contributed by atoms with Gasteiger partial charge in [-0.1, -0.05) is 17.7 Å². The summed E-state index contributed by atoms with van der Waals surface area (Å²) in [4.78, 5) is 16.9. The summed E-state index contributed by atoms with van der Waals surface area (Å²) in [5.74, 6) is 0.866. The van der Waals surface area contributed by atoms with Gasteiger partial charge in [-0.15, -0.1) is 0 Å². The van der Waals surface area contributed by atoms with Crippen LogP contribution in [-0.2, 0) is 0 Å². The Labute approximate surface area is 137 Å². The van der Waals surface area contributed by atoms with Crippen LogP contribution < -0.4 is 5.32 Å². The number of nitrogens with zero attached hydrogens (tertiary/aromatic N) is 2. The number of hydrogen-bond acceptors (Lipinski definition) is 3. The molecular weight excluding hydrogens is 298 g/mol. The molecule has 0 radical (unpaired) electrons. The molecule has 3 rings (SSSR count). The zero-order valence-electron chi connectivity index (χ0n) is 12.9. The van der Waals surface area contributed by atoms with Crippen LogP contribution in [0.1, 0.15) is 23.2 Å². The second-order valence-corrected chi connectivity index (χ2v) is 6.75. The van der Waals surface area contributed by atoms with E-state index in [1.807, 2.05) is 17.0 Å². The minimum atomic E-state index is 0.0986. The van der Waals surface area contributed by atoms with Gasteiger partial charge in [-0.3, -0.25) is 9.69 Å². The summed E-state index contributed by atoms with van der Waals surface area (Å²) in [5.41, 5.74) is 0.692. The van der Waals surface area contributed by atoms with Crippen molar-refractivity contribution in [3.05, 3.63) is 34.9 Å². The molecule has 4 nitrogen and oxygen atoms in total. The van der Waals surface area contributed by atoms with Crippen molar-refractivity contribution in [3.8, 4) is 0 Å². The number of amides is 1. The minimum Gasteiger partial charge on any atom is -0.336 e. The van der Waals surface area contributed by atoms with Crippen LogP contribution in [0.4, 0.5) is 0 Å². The highest BCUT2D eigenvalue weighted by Crippen LogP contribution is 2.16. The number of carbonyl (C=O) groups excluding carboxylic acids is 1. The summed E-state index contributed by atoms with van der Waals surface area (Å²) in [7, 11) is 0. The Morgan fingerprint density at radius 3 is 2.77 bits per heavy atom. The first kappa shape index (κ1) is 15.8. The molecule has 1 aromatic carbocycles. The molecule has 1 amide bonds. The Balaban J connectivity index is 1.49. The molecule has 22 heavy (non-hydrogen) atoms. The van der Waals surface area contributed by atoms with E-state index >= 15 is 0 Å². The molecule has 0 saturated carbocycles. The molecule has 2 heterocycles. The van der Waals surface area contributed by atoms with Crippen LogP contribution in [0.2, 0.25) is 5.02 Å². The third kappa shape index (κ3) is 4.00. The van der Waals surface area contributed by atoms with Crippen LogP contribution in [-0.4, -0.2) is 61.5 Å². The molecule has 5 heteroatoms. The first-order valence-corrected chi connectivity index (χ1v) is 8.58. The minimum absolute atomic E-state index is 0.0986. The van der Waals surface area contributed by atoms with Crippen molar-refractivity contribution in [2.45, 2.75) is 12.8 Å². The third-order valence-corrected chi connectivity index (χ3v) is 4.88. The number of hydrogen-bond donors (Lipinski definition) is 1. The van der Waals surface area contributed by atoms with E-state index in [0.29, 0.717) is 10.6 Å². The third-order valence-electron chi connectivity index (χ3n) is 4.65. The molecule has 0 aliphatic carbocycles. The van der Waals surface area contributed by atoms with E-state index in [4.69, 9.17) is 11.6 Å². The number of nitrogens with one attached hydrogen (secondary N) is 1. The van der Waals surface area contributed by atoms with Crippen molar-refractivity contribution in [1.29, 1.82) is 0 Å². The summed E-state index contributed by atoms with van der Waals surface area (Å²) in [6.45, 7) is 7.04. The predicted octanol–water partition coefficient (Wildman–Crippen LogP) is 2.10. The number of carbonyl (C=O) groups is 1. The summed E-state index contributed by atoms with van der Waals surface area (Å²) in [6, 6.07) is 7.23. The SMILES string of the molecule is O=C(c1cccc(Cl)c1)N1CCN(CC2CCCNC2)CC1. The predicted molar refractivity (Wildman–Crippen MR) is 89.4 cm³/mol. The van der Waals surface area contributed by atoms with Crippen LogP contribution in [0.3, 0.4) is 0 Å². The average Bonchev–Trinajstić information content (AvgIpc) is 2.56.